The minimum Gasteiger partial charge on any atom is -0.454 e. The summed E-state index contributed by atoms with van der Waals surface area (Å²) in [7, 11) is 0. The van der Waals surface area contributed by atoms with E-state index < -0.39 is 0 Å². The zero-order valence-corrected chi connectivity index (χ0v) is 13.9. The normalized spacial score (nSPS) is 12.8. The minimum absolute atomic E-state index is 0.136. The predicted molar refractivity (Wildman–Crippen MR) is 89.1 cm³/mol. The number of amides is 1. The summed E-state index contributed by atoms with van der Waals surface area (Å²) < 4.78 is 10.6. The molecule has 2 heterocycles. The average molecular weight is 328 g/mol. The molecule has 24 heavy (non-hydrogen) atoms. The van der Waals surface area contributed by atoms with Crippen LogP contribution in [0.25, 0.3) is 0 Å². The Morgan fingerprint density at radius 2 is 1.88 bits per heavy atom. The van der Waals surface area contributed by atoms with Crippen molar-refractivity contribution in [1.82, 2.24) is 15.3 Å². The second kappa shape index (κ2) is 6.35. The fourth-order valence-electron chi connectivity index (χ4n) is 2.18. The Kier molecular flexibility index (Phi) is 4.24. The van der Waals surface area contributed by atoms with Crippen LogP contribution in [0.5, 0.6) is 11.5 Å². The molecule has 3 rings (SSSR count). The molecule has 0 radical (unpaired) electrons. The zero-order valence-electron chi connectivity index (χ0n) is 13.9. The summed E-state index contributed by atoms with van der Waals surface area (Å²) in [6.45, 7) is 6.67. The molecule has 0 aliphatic carbocycles. The number of benzene rings is 1. The largest absolute Gasteiger partial charge is 0.454 e. The quantitative estimate of drug-likeness (QED) is 0.896. The van der Waals surface area contributed by atoms with E-state index in [1.54, 1.807) is 0 Å². The van der Waals surface area contributed by atoms with Gasteiger partial charge in [0.05, 0.1) is 5.56 Å². The highest BCUT2D eigenvalue weighted by Crippen LogP contribution is 2.32. The topological polar surface area (TPSA) is 85.4 Å². The minimum atomic E-state index is -0.227. The number of aromatic nitrogens is 2. The van der Waals surface area contributed by atoms with Crippen molar-refractivity contribution in [2.45, 2.75) is 32.9 Å². The highest BCUT2D eigenvalue weighted by Gasteiger charge is 2.15. The van der Waals surface area contributed by atoms with Crippen LogP contribution in [0.15, 0.2) is 30.6 Å². The van der Waals surface area contributed by atoms with Crippen LogP contribution in [0.3, 0.4) is 0 Å². The second-order valence-electron chi connectivity index (χ2n) is 6.54. The standard InChI is InChI=1S/C17H20N4O3/c1-17(2,3)21-16-19-8-12(9-20-16)15(22)18-7-11-4-5-13-14(6-11)24-10-23-13/h4-6,8-9H,7,10H2,1-3H3,(H,18,22)(H,19,20,21). The fourth-order valence-corrected chi connectivity index (χ4v) is 2.18. The van der Waals surface area contributed by atoms with Crippen molar-refractivity contribution >= 4 is 11.9 Å². The van der Waals surface area contributed by atoms with Gasteiger partial charge in [0.15, 0.2) is 11.5 Å². The van der Waals surface area contributed by atoms with Crippen molar-refractivity contribution in [2.75, 3.05) is 12.1 Å². The Morgan fingerprint density at radius 3 is 2.58 bits per heavy atom. The molecule has 0 atom stereocenters. The molecule has 2 aromatic rings. The number of nitrogens with zero attached hydrogens (tertiary/aromatic N) is 2. The molecule has 1 amide bonds. The molecule has 0 bridgehead atoms. The molecule has 0 saturated carbocycles. The summed E-state index contributed by atoms with van der Waals surface area (Å²) >= 11 is 0. The SMILES string of the molecule is CC(C)(C)Nc1ncc(C(=O)NCc2ccc3c(c2)OCO3)cn1. The van der Waals surface area contributed by atoms with Gasteiger partial charge in [-0.05, 0) is 38.5 Å². The van der Waals surface area contributed by atoms with Crippen LogP contribution in [0.1, 0.15) is 36.7 Å². The first kappa shape index (κ1) is 16.0. The maximum Gasteiger partial charge on any atom is 0.254 e. The zero-order chi connectivity index (χ0) is 17.2. The first-order valence-corrected chi connectivity index (χ1v) is 7.68. The fraction of sp³-hybridized carbons (Fsp3) is 0.353. The Morgan fingerprint density at radius 1 is 1.17 bits per heavy atom. The van der Waals surface area contributed by atoms with Crippen molar-refractivity contribution in [3.8, 4) is 11.5 Å². The summed E-state index contributed by atoms with van der Waals surface area (Å²) in [5.74, 6) is 1.69. The van der Waals surface area contributed by atoms with Crippen LogP contribution in [-0.4, -0.2) is 28.2 Å². The highest BCUT2D eigenvalue weighted by atomic mass is 16.7. The molecular formula is C17H20N4O3. The van der Waals surface area contributed by atoms with Crippen molar-refractivity contribution in [1.29, 1.82) is 0 Å². The molecule has 0 spiro atoms. The summed E-state index contributed by atoms with van der Waals surface area (Å²) in [6.07, 6.45) is 3.02. The molecule has 0 unspecified atom stereocenters. The van der Waals surface area contributed by atoms with Gasteiger partial charge in [0, 0.05) is 24.5 Å². The average Bonchev–Trinajstić information content (AvgIpc) is 2.99. The molecule has 1 aromatic carbocycles. The second-order valence-corrected chi connectivity index (χ2v) is 6.54. The van der Waals surface area contributed by atoms with Crippen LogP contribution in [0.4, 0.5) is 5.95 Å². The number of carbonyl (C=O) groups is 1. The van der Waals surface area contributed by atoms with Gasteiger partial charge in [-0.25, -0.2) is 9.97 Å². The van der Waals surface area contributed by atoms with Gasteiger partial charge >= 0.3 is 0 Å². The maximum atomic E-state index is 12.2. The molecule has 1 aromatic heterocycles. The smallest absolute Gasteiger partial charge is 0.254 e. The van der Waals surface area contributed by atoms with E-state index in [9.17, 15) is 4.79 Å². The summed E-state index contributed by atoms with van der Waals surface area (Å²) in [6, 6.07) is 5.58. The molecule has 1 aliphatic heterocycles. The maximum absolute atomic E-state index is 12.2. The van der Waals surface area contributed by atoms with Crippen LogP contribution in [0, 0.1) is 0 Å². The Labute approximate surface area is 140 Å². The van der Waals surface area contributed by atoms with Gasteiger partial charge in [0.1, 0.15) is 0 Å². The van der Waals surface area contributed by atoms with Gasteiger partial charge in [0.25, 0.3) is 5.91 Å². The Bertz CT molecular complexity index is 738. The highest BCUT2D eigenvalue weighted by molar-refractivity contribution is 5.93. The van der Waals surface area contributed by atoms with E-state index in [1.807, 2.05) is 39.0 Å². The molecule has 0 fully saturated rings. The van der Waals surface area contributed by atoms with Crippen LogP contribution < -0.4 is 20.1 Å². The van der Waals surface area contributed by atoms with E-state index in [0.29, 0.717) is 23.8 Å². The lowest BCUT2D eigenvalue weighted by Gasteiger charge is -2.20. The van der Waals surface area contributed by atoms with E-state index in [2.05, 4.69) is 20.6 Å². The Balaban J connectivity index is 1.59. The van der Waals surface area contributed by atoms with Crippen molar-refractivity contribution in [3.05, 3.63) is 41.7 Å². The number of rotatable bonds is 4. The predicted octanol–water partition coefficient (Wildman–Crippen LogP) is 2.35. The number of fused-ring (bicyclic) bond motifs is 1. The summed E-state index contributed by atoms with van der Waals surface area (Å²) in [4.78, 5) is 20.5. The van der Waals surface area contributed by atoms with E-state index in [-0.39, 0.29) is 18.2 Å². The van der Waals surface area contributed by atoms with E-state index in [4.69, 9.17) is 9.47 Å². The first-order valence-electron chi connectivity index (χ1n) is 7.68. The molecule has 2 N–H and O–H groups in total. The molecular weight excluding hydrogens is 308 g/mol. The molecule has 7 nitrogen and oxygen atoms in total. The molecule has 126 valence electrons. The number of hydrogen-bond donors (Lipinski definition) is 2. The van der Waals surface area contributed by atoms with Gasteiger partial charge < -0.3 is 20.1 Å². The van der Waals surface area contributed by atoms with Crippen molar-refractivity contribution < 1.29 is 14.3 Å². The van der Waals surface area contributed by atoms with Gasteiger partial charge in [-0.15, -0.1) is 0 Å². The number of carbonyl (C=O) groups excluding carboxylic acids is 1. The van der Waals surface area contributed by atoms with Crippen LogP contribution in [-0.2, 0) is 6.54 Å². The lowest BCUT2D eigenvalue weighted by Crippen LogP contribution is -2.28. The van der Waals surface area contributed by atoms with Crippen molar-refractivity contribution in [3.63, 3.8) is 0 Å². The lowest BCUT2D eigenvalue weighted by molar-refractivity contribution is 0.0950. The monoisotopic (exact) mass is 328 g/mol. The van der Waals surface area contributed by atoms with Gasteiger partial charge in [-0.1, -0.05) is 6.07 Å². The van der Waals surface area contributed by atoms with Gasteiger partial charge in [-0.2, -0.15) is 0 Å². The van der Waals surface area contributed by atoms with Gasteiger partial charge in [0.2, 0.25) is 12.7 Å². The molecule has 1 aliphatic rings. The van der Waals surface area contributed by atoms with Crippen LogP contribution in [0.2, 0.25) is 0 Å². The first-order chi connectivity index (χ1) is 11.4. The van der Waals surface area contributed by atoms with Crippen molar-refractivity contribution in [2.24, 2.45) is 0 Å². The number of nitrogens with one attached hydrogen (secondary N) is 2. The van der Waals surface area contributed by atoms with Crippen LogP contribution >= 0.6 is 0 Å². The third kappa shape index (κ3) is 3.92. The summed E-state index contributed by atoms with van der Waals surface area (Å²) in [5.41, 5.74) is 1.21. The molecule has 0 saturated heterocycles. The lowest BCUT2D eigenvalue weighted by atomic mass is 10.1. The van der Waals surface area contributed by atoms with Gasteiger partial charge in [-0.3, -0.25) is 4.79 Å². The number of ether oxygens (including phenoxy) is 2. The van der Waals surface area contributed by atoms with E-state index in [1.165, 1.54) is 12.4 Å². The molecule has 7 heteroatoms. The van der Waals surface area contributed by atoms with E-state index in [0.717, 1.165) is 11.3 Å². The third-order valence-electron chi connectivity index (χ3n) is 3.29. The Hall–Kier alpha value is -2.83. The number of anilines is 1. The van der Waals surface area contributed by atoms with E-state index >= 15 is 0 Å². The third-order valence-corrected chi connectivity index (χ3v) is 3.29. The number of hydrogen-bond acceptors (Lipinski definition) is 6. The summed E-state index contributed by atoms with van der Waals surface area (Å²) in [5, 5.41) is 5.99.